The lowest BCUT2D eigenvalue weighted by Crippen LogP contribution is -2.51. The van der Waals surface area contributed by atoms with Crippen LogP contribution >= 0.6 is 0 Å². The molecule has 6 heteroatoms. The van der Waals surface area contributed by atoms with Crippen LogP contribution in [0.2, 0.25) is 0 Å². The largest absolute Gasteiger partial charge is 0.444 e. The molecular formula is C34H52N2O4. The highest BCUT2D eigenvalue weighted by Gasteiger charge is 2.59. The minimum atomic E-state index is -0.478. The minimum Gasteiger partial charge on any atom is -0.444 e. The van der Waals surface area contributed by atoms with E-state index in [1.54, 1.807) is 11.1 Å². The van der Waals surface area contributed by atoms with Crippen LogP contribution in [0.4, 0.5) is 4.79 Å². The summed E-state index contributed by atoms with van der Waals surface area (Å²) in [5.74, 6) is 2.95. The van der Waals surface area contributed by atoms with Crippen molar-refractivity contribution in [2.75, 3.05) is 19.6 Å². The third-order valence-electron chi connectivity index (χ3n) is 12.0. The first kappa shape index (κ1) is 28.5. The number of hydrogen-bond donors (Lipinski definition) is 1. The lowest BCUT2D eigenvalue weighted by atomic mass is 9.56. The van der Waals surface area contributed by atoms with Crippen LogP contribution in [0.3, 0.4) is 0 Å². The molecule has 4 fully saturated rings. The fourth-order valence-electron chi connectivity index (χ4n) is 10.1. The molecule has 2 heterocycles. The van der Waals surface area contributed by atoms with Crippen LogP contribution in [-0.2, 0) is 14.3 Å². The summed E-state index contributed by atoms with van der Waals surface area (Å²) in [6, 6.07) is 0.415. The van der Waals surface area contributed by atoms with Gasteiger partial charge in [-0.25, -0.2) is 4.79 Å². The summed E-state index contributed by atoms with van der Waals surface area (Å²) in [4.78, 5) is 27.0. The third-order valence-corrected chi connectivity index (χ3v) is 12.0. The van der Waals surface area contributed by atoms with Gasteiger partial charge in [0.2, 0.25) is 0 Å². The number of amides is 1. The number of rotatable bonds is 3. The van der Waals surface area contributed by atoms with E-state index in [1.807, 2.05) is 26.8 Å². The number of carbonyl (C=O) groups excluding carboxylic acids is 2. The first-order valence-corrected chi connectivity index (χ1v) is 16.2. The van der Waals surface area contributed by atoms with E-state index >= 15 is 0 Å². The zero-order valence-corrected chi connectivity index (χ0v) is 25.8. The van der Waals surface area contributed by atoms with Crippen LogP contribution in [0.1, 0.15) is 106 Å². The number of ketones is 1. The zero-order chi connectivity index (χ0) is 28.4. The Balaban J connectivity index is 1.16. The highest BCUT2D eigenvalue weighted by Crippen LogP contribution is 2.64. The van der Waals surface area contributed by atoms with Crippen molar-refractivity contribution >= 4 is 11.9 Å². The second kappa shape index (κ2) is 10.3. The lowest BCUT2D eigenvalue weighted by molar-refractivity contribution is -0.116. The van der Waals surface area contributed by atoms with Gasteiger partial charge in [-0.2, -0.15) is 0 Å². The summed E-state index contributed by atoms with van der Waals surface area (Å²) >= 11 is 0. The van der Waals surface area contributed by atoms with Crippen molar-refractivity contribution in [2.24, 2.45) is 29.1 Å². The summed E-state index contributed by atoms with van der Waals surface area (Å²) in [6.45, 7) is 15.6. The molecule has 4 aliphatic carbocycles. The van der Waals surface area contributed by atoms with Crippen molar-refractivity contribution in [1.29, 1.82) is 0 Å². The second-order valence-corrected chi connectivity index (χ2v) is 15.3. The van der Waals surface area contributed by atoms with E-state index in [-0.39, 0.29) is 23.2 Å². The molecule has 0 aromatic heterocycles. The molecule has 8 atom stereocenters. The average molecular weight is 553 g/mol. The van der Waals surface area contributed by atoms with Gasteiger partial charge in [-0.05, 0) is 121 Å². The Kier molecular flexibility index (Phi) is 7.30. The van der Waals surface area contributed by atoms with Crippen LogP contribution in [0.25, 0.3) is 0 Å². The van der Waals surface area contributed by atoms with Gasteiger partial charge in [-0.1, -0.05) is 30.6 Å². The first-order valence-electron chi connectivity index (χ1n) is 16.2. The van der Waals surface area contributed by atoms with Gasteiger partial charge in [0.15, 0.2) is 5.78 Å². The van der Waals surface area contributed by atoms with Gasteiger partial charge >= 0.3 is 6.09 Å². The van der Waals surface area contributed by atoms with Crippen molar-refractivity contribution in [3.8, 4) is 0 Å². The van der Waals surface area contributed by atoms with Gasteiger partial charge in [0, 0.05) is 31.5 Å². The van der Waals surface area contributed by atoms with Crippen molar-refractivity contribution in [2.45, 2.75) is 129 Å². The number of nitrogens with zero attached hydrogens (tertiary/aromatic N) is 1. The summed E-state index contributed by atoms with van der Waals surface area (Å²) in [6.07, 6.45) is 13.1. The SMILES string of the molecule is CC1=C2C[C@H]3[C@@H](CCC4=CC(=O)CC[C@@]43C)[C@@H]2CC[C@@]2(C1)O[C@@H]1CCCN(CCNC(=O)OC(C)(C)C)[C@H]1[C@H]2C. The lowest BCUT2D eigenvalue weighted by Gasteiger charge is -2.48. The maximum Gasteiger partial charge on any atom is 0.407 e. The van der Waals surface area contributed by atoms with Gasteiger partial charge < -0.3 is 14.8 Å². The topological polar surface area (TPSA) is 67.9 Å². The molecule has 0 aromatic carbocycles. The van der Waals surface area contributed by atoms with E-state index in [0.717, 1.165) is 64.0 Å². The van der Waals surface area contributed by atoms with Gasteiger partial charge in [-0.15, -0.1) is 0 Å². The van der Waals surface area contributed by atoms with E-state index in [4.69, 9.17) is 9.47 Å². The van der Waals surface area contributed by atoms with Crippen LogP contribution in [0, 0.1) is 29.1 Å². The number of piperidine rings is 1. The van der Waals surface area contributed by atoms with E-state index in [9.17, 15) is 9.59 Å². The average Bonchev–Trinajstić information content (AvgIpc) is 3.34. The number of fused-ring (bicyclic) bond motifs is 6. The predicted molar refractivity (Wildman–Crippen MR) is 157 cm³/mol. The molecule has 6 nitrogen and oxygen atoms in total. The molecule has 6 aliphatic rings. The monoisotopic (exact) mass is 552 g/mol. The Hall–Kier alpha value is -1.66. The summed E-state index contributed by atoms with van der Waals surface area (Å²) in [5, 5.41) is 2.97. The Morgan fingerprint density at radius 1 is 1.20 bits per heavy atom. The van der Waals surface area contributed by atoms with Gasteiger partial charge in [0.05, 0.1) is 11.7 Å². The number of allylic oxidation sites excluding steroid dienone is 3. The van der Waals surface area contributed by atoms with E-state index in [2.05, 4.69) is 31.0 Å². The number of hydrogen-bond acceptors (Lipinski definition) is 5. The smallest absolute Gasteiger partial charge is 0.407 e. The number of alkyl carbamates (subject to hydrolysis) is 1. The van der Waals surface area contributed by atoms with Gasteiger partial charge in [0.25, 0.3) is 0 Å². The molecule has 1 amide bonds. The van der Waals surface area contributed by atoms with E-state index in [0.29, 0.717) is 36.1 Å². The minimum absolute atomic E-state index is 0.0751. The second-order valence-electron chi connectivity index (χ2n) is 15.3. The summed E-state index contributed by atoms with van der Waals surface area (Å²) < 4.78 is 12.6. The van der Waals surface area contributed by atoms with Gasteiger partial charge in [0.1, 0.15) is 5.60 Å². The van der Waals surface area contributed by atoms with Crippen LogP contribution in [0.5, 0.6) is 0 Å². The van der Waals surface area contributed by atoms with Crippen molar-refractivity contribution in [3.05, 3.63) is 22.8 Å². The van der Waals surface area contributed by atoms with Crippen molar-refractivity contribution in [3.63, 3.8) is 0 Å². The molecule has 6 rings (SSSR count). The van der Waals surface area contributed by atoms with Crippen LogP contribution in [-0.4, -0.2) is 59.8 Å². The van der Waals surface area contributed by atoms with E-state index < -0.39 is 5.60 Å². The molecule has 2 saturated heterocycles. The van der Waals surface area contributed by atoms with Crippen molar-refractivity contribution < 1.29 is 19.1 Å². The Morgan fingerprint density at radius 2 is 2.00 bits per heavy atom. The zero-order valence-electron chi connectivity index (χ0n) is 25.8. The maximum atomic E-state index is 12.2. The Bertz CT molecular complexity index is 1100. The van der Waals surface area contributed by atoms with Crippen molar-refractivity contribution in [1.82, 2.24) is 10.2 Å². The first-order chi connectivity index (χ1) is 18.9. The molecule has 0 aromatic rings. The van der Waals surface area contributed by atoms with Crippen LogP contribution < -0.4 is 5.32 Å². The van der Waals surface area contributed by atoms with E-state index in [1.165, 1.54) is 24.8 Å². The summed E-state index contributed by atoms with van der Waals surface area (Å²) in [7, 11) is 0. The molecule has 1 spiro atoms. The summed E-state index contributed by atoms with van der Waals surface area (Å²) in [5.41, 5.74) is 4.46. The Morgan fingerprint density at radius 3 is 2.77 bits per heavy atom. The molecule has 2 saturated carbocycles. The number of carbonyl (C=O) groups is 2. The highest BCUT2D eigenvalue weighted by atomic mass is 16.6. The molecule has 1 N–H and O–H groups in total. The predicted octanol–water partition coefficient (Wildman–Crippen LogP) is 6.59. The standard InChI is InChI=1S/C34H52N2O4/c1-21-20-34(14-12-25-26-10-9-23-18-24(37)11-13-33(23,6)28(26)19-27(21)25)22(2)30-29(39-34)8-7-16-36(30)17-15-35-31(38)40-32(3,4)5/h18,22,25-26,28-30H,7-17,19-20H2,1-6H3,(H,35,38)/t22-,25+,26+,28+,29-,30+,33+,34+/m1/s1. The molecule has 2 aliphatic heterocycles. The number of ether oxygens (including phenoxy) is 2. The fraction of sp³-hybridized carbons (Fsp3) is 0.824. The number of nitrogens with one attached hydrogen (secondary N) is 1. The molecule has 0 unspecified atom stereocenters. The normalized spacial score (nSPS) is 41.5. The molecule has 40 heavy (non-hydrogen) atoms. The number of likely N-dealkylation sites (tertiary alicyclic amines) is 1. The molecule has 0 bridgehead atoms. The fourth-order valence-corrected chi connectivity index (χ4v) is 10.1. The highest BCUT2D eigenvalue weighted by molar-refractivity contribution is 5.91. The molecule has 222 valence electrons. The van der Waals surface area contributed by atoms with Gasteiger partial charge in [-0.3, -0.25) is 9.69 Å². The molecule has 0 radical (unpaired) electrons. The van der Waals surface area contributed by atoms with Crippen LogP contribution in [0.15, 0.2) is 22.8 Å². The Labute approximate surface area is 241 Å². The quantitative estimate of drug-likeness (QED) is 0.400. The maximum absolute atomic E-state index is 12.2. The molecular weight excluding hydrogens is 500 g/mol. The third kappa shape index (κ3) is 4.89.